The lowest BCUT2D eigenvalue weighted by molar-refractivity contribution is -0.145. The number of nitrogens with one attached hydrogen (secondary N) is 1. The Balaban J connectivity index is 2.18. The number of rotatable bonds is 2. The van der Waals surface area contributed by atoms with Crippen molar-refractivity contribution in [2.75, 3.05) is 20.2 Å². The van der Waals surface area contributed by atoms with Crippen molar-refractivity contribution in [2.24, 2.45) is 5.92 Å². The van der Waals surface area contributed by atoms with Crippen LogP contribution in [0.25, 0.3) is 0 Å². The molecular weight excluding hydrogens is 192 g/mol. The zero-order valence-electron chi connectivity index (χ0n) is 8.64. The van der Waals surface area contributed by atoms with Crippen LogP contribution in [-0.4, -0.2) is 31.2 Å². The van der Waals surface area contributed by atoms with Gasteiger partial charge in [-0.25, -0.2) is 0 Å². The molecule has 80 valence electrons. The highest BCUT2D eigenvalue weighted by atomic mass is 16.5. The monoisotopic (exact) mass is 206 g/mol. The van der Waals surface area contributed by atoms with Gasteiger partial charge >= 0.3 is 5.97 Å². The van der Waals surface area contributed by atoms with Gasteiger partial charge in [-0.1, -0.05) is 6.07 Å². The summed E-state index contributed by atoms with van der Waals surface area (Å²) in [5.74, 6) is -0.0424. The van der Waals surface area contributed by atoms with Crippen LogP contribution in [0, 0.1) is 5.92 Å². The summed E-state index contributed by atoms with van der Waals surface area (Å²) in [6.45, 7) is 1.50. The second-order valence-electron chi connectivity index (χ2n) is 3.68. The molecule has 1 aliphatic heterocycles. The Hall–Kier alpha value is -1.42. The number of esters is 1. The van der Waals surface area contributed by atoms with Crippen LogP contribution in [0.4, 0.5) is 0 Å². The zero-order chi connectivity index (χ0) is 10.7. The molecule has 0 bridgehead atoms. The van der Waals surface area contributed by atoms with Gasteiger partial charge < -0.3 is 10.1 Å². The minimum atomic E-state index is -0.145. The van der Waals surface area contributed by atoms with E-state index < -0.39 is 0 Å². The number of hydrogen-bond donors (Lipinski definition) is 1. The van der Waals surface area contributed by atoms with Crippen LogP contribution in [0.3, 0.4) is 0 Å². The Morgan fingerprint density at radius 3 is 3.13 bits per heavy atom. The molecule has 0 aromatic carbocycles. The van der Waals surface area contributed by atoms with E-state index in [1.807, 2.05) is 18.3 Å². The molecule has 1 aromatic heterocycles. The van der Waals surface area contributed by atoms with Gasteiger partial charge in [0.1, 0.15) is 0 Å². The van der Waals surface area contributed by atoms with Gasteiger partial charge in [0.15, 0.2) is 0 Å². The normalized spacial score (nSPS) is 25.1. The molecule has 0 radical (unpaired) electrons. The van der Waals surface area contributed by atoms with E-state index in [1.165, 1.54) is 7.11 Å². The van der Waals surface area contributed by atoms with Gasteiger partial charge in [0.25, 0.3) is 0 Å². The molecule has 0 aliphatic carbocycles. The van der Waals surface area contributed by atoms with Crippen LogP contribution in [-0.2, 0) is 9.53 Å². The van der Waals surface area contributed by atoms with Crippen molar-refractivity contribution in [1.29, 1.82) is 0 Å². The van der Waals surface area contributed by atoms with Gasteiger partial charge in [-0.05, 0) is 11.6 Å². The minimum absolute atomic E-state index is 0.0841. The Morgan fingerprint density at radius 2 is 2.47 bits per heavy atom. The second kappa shape index (κ2) is 4.40. The average Bonchev–Trinajstić information content (AvgIpc) is 2.78. The third kappa shape index (κ3) is 1.99. The Kier molecular flexibility index (Phi) is 2.97. The van der Waals surface area contributed by atoms with E-state index in [9.17, 15) is 4.79 Å². The molecule has 0 unspecified atom stereocenters. The molecule has 1 N–H and O–H groups in total. The number of methoxy groups -OCH3 is 1. The third-order valence-electron chi connectivity index (χ3n) is 2.83. The highest BCUT2D eigenvalue weighted by Crippen LogP contribution is 2.28. The number of hydrogen-bond acceptors (Lipinski definition) is 4. The summed E-state index contributed by atoms with van der Waals surface area (Å²) in [5, 5.41) is 3.21. The number of nitrogens with zero attached hydrogens (tertiary/aromatic N) is 1. The smallest absolute Gasteiger partial charge is 0.310 e. The predicted octanol–water partition coefficient (Wildman–Crippen LogP) is 0.558. The van der Waals surface area contributed by atoms with E-state index in [1.54, 1.807) is 6.20 Å². The van der Waals surface area contributed by atoms with Crippen LogP contribution >= 0.6 is 0 Å². The highest BCUT2D eigenvalue weighted by Gasteiger charge is 2.34. The Morgan fingerprint density at radius 1 is 1.60 bits per heavy atom. The molecule has 0 amide bonds. The summed E-state index contributed by atoms with van der Waals surface area (Å²) in [4.78, 5) is 15.6. The quantitative estimate of drug-likeness (QED) is 0.718. The predicted molar refractivity (Wildman–Crippen MR) is 55.4 cm³/mol. The largest absolute Gasteiger partial charge is 0.469 e. The van der Waals surface area contributed by atoms with Crippen molar-refractivity contribution >= 4 is 5.97 Å². The van der Waals surface area contributed by atoms with Crippen molar-refractivity contribution in [1.82, 2.24) is 10.3 Å². The maximum Gasteiger partial charge on any atom is 0.310 e. The van der Waals surface area contributed by atoms with Crippen molar-refractivity contribution in [3.8, 4) is 0 Å². The standard InChI is InChI=1S/C11H14N2O2/c1-15-11(14)10-7-13-6-9(10)8-3-2-4-12-5-8/h2-5,9-10,13H,6-7H2,1H3/t9-,10+/m0/s1. The van der Waals surface area contributed by atoms with Crippen molar-refractivity contribution in [3.05, 3.63) is 30.1 Å². The summed E-state index contributed by atoms with van der Waals surface area (Å²) in [6, 6.07) is 3.89. The molecule has 4 nitrogen and oxygen atoms in total. The molecule has 1 aromatic rings. The summed E-state index contributed by atoms with van der Waals surface area (Å²) in [7, 11) is 1.43. The van der Waals surface area contributed by atoms with Crippen molar-refractivity contribution in [3.63, 3.8) is 0 Å². The lowest BCUT2D eigenvalue weighted by Crippen LogP contribution is -2.22. The summed E-state index contributed by atoms with van der Waals surface area (Å²) in [6.07, 6.45) is 3.55. The Bertz CT molecular complexity index is 340. The highest BCUT2D eigenvalue weighted by molar-refractivity contribution is 5.74. The van der Waals surface area contributed by atoms with Crippen molar-refractivity contribution in [2.45, 2.75) is 5.92 Å². The number of carbonyl (C=O) groups is 1. The van der Waals surface area contributed by atoms with E-state index in [0.717, 1.165) is 12.1 Å². The minimum Gasteiger partial charge on any atom is -0.469 e. The van der Waals surface area contributed by atoms with E-state index in [0.29, 0.717) is 6.54 Å². The van der Waals surface area contributed by atoms with E-state index in [2.05, 4.69) is 10.3 Å². The first-order valence-electron chi connectivity index (χ1n) is 5.01. The summed E-state index contributed by atoms with van der Waals surface area (Å²) in [5.41, 5.74) is 1.10. The van der Waals surface area contributed by atoms with Gasteiger partial charge in [0, 0.05) is 31.4 Å². The van der Waals surface area contributed by atoms with E-state index in [-0.39, 0.29) is 17.8 Å². The first-order chi connectivity index (χ1) is 7.33. The topological polar surface area (TPSA) is 51.2 Å². The summed E-state index contributed by atoms with van der Waals surface area (Å²) < 4.78 is 4.79. The van der Waals surface area contributed by atoms with Gasteiger partial charge in [0.05, 0.1) is 13.0 Å². The number of pyridine rings is 1. The molecule has 2 rings (SSSR count). The van der Waals surface area contributed by atoms with Gasteiger partial charge in [-0.15, -0.1) is 0 Å². The Labute approximate surface area is 88.7 Å². The molecule has 1 fully saturated rings. The fourth-order valence-corrected chi connectivity index (χ4v) is 2.02. The van der Waals surface area contributed by atoms with E-state index >= 15 is 0 Å². The van der Waals surface area contributed by atoms with Gasteiger partial charge in [-0.2, -0.15) is 0 Å². The van der Waals surface area contributed by atoms with Crippen molar-refractivity contribution < 1.29 is 9.53 Å². The van der Waals surface area contributed by atoms with Crippen LogP contribution in [0.1, 0.15) is 11.5 Å². The average molecular weight is 206 g/mol. The number of ether oxygens (including phenoxy) is 1. The first kappa shape index (κ1) is 10.1. The second-order valence-corrected chi connectivity index (χ2v) is 3.68. The molecule has 4 heteroatoms. The van der Waals surface area contributed by atoms with Crippen LogP contribution in [0.15, 0.2) is 24.5 Å². The summed E-state index contributed by atoms with van der Waals surface area (Å²) >= 11 is 0. The SMILES string of the molecule is COC(=O)[C@@H]1CNC[C@H]1c1cccnc1. The maximum absolute atomic E-state index is 11.5. The van der Waals surface area contributed by atoms with E-state index in [4.69, 9.17) is 4.74 Å². The molecule has 0 spiro atoms. The molecule has 1 aliphatic rings. The molecule has 2 atom stereocenters. The number of carbonyl (C=O) groups excluding carboxylic acids is 1. The fraction of sp³-hybridized carbons (Fsp3) is 0.455. The van der Waals surface area contributed by atoms with Gasteiger partial charge in [0.2, 0.25) is 0 Å². The third-order valence-corrected chi connectivity index (χ3v) is 2.83. The maximum atomic E-state index is 11.5. The fourth-order valence-electron chi connectivity index (χ4n) is 2.02. The zero-order valence-corrected chi connectivity index (χ0v) is 8.64. The molecule has 1 saturated heterocycles. The van der Waals surface area contributed by atoms with Crippen LogP contribution < -0.4 is 5.32 Å². The lowest BCUT2D eigenvalue weighted by Gasteiger charge is -2.15. The number of aromatic nitrogens is 1. The molecule has 2 heterocycles. The lowest BCUT2D eigenvalue weighted by atomic mass is 9.90. The molecule has 0 saturated carbocycles. The van der Waals surface area contributed by atoms with Gasteiger partial charge in [-0.3, -0.25) is 9.78 Å². The molecule has 15 heavy (non-hydrogen) atoms. The molecular formula is C11H14N2O2. The van der Waals surface area contributed by atoms with Crippen LogP contribution in [0.5, 0.6) is 0 Å². The van der Waals surface area contributed by atoms with Crippen LogP contribution in [0.2, 0.25) is 0 Å². The first-order valence-corrected chi connectivity index (χ1v) is 5.01.